The Balaban J connectivity index is 1.79. The Bertz CT molecular complexity index is 408. The van der Waals surface area contributed by atoms with Crippen molar-refractivity contribution in [3.8, 4) is 0 Å². The van der Waals surface area contributed by atoms with Crippen LogP contribution in [0.15, 0.2) is 0 Å². The van der Waals surface area contributed by atoms with Gasteiger partial charge in [0.15, 0.2) is 0 Å². The topological polar surface area (TPSA) is 50.3 Å². The van der Waals surface area contributed by atoms with E-state index in [2.05, 4.69) is 40.6 Å². The number of nitrogens with one attached hydrogen (secondary N) is 1. The van der Waals surface area contributed by atoms with E-state index in [1.165, 1.54) is 24.4 Å². The Morgan fingerprint density at radius 1 is 1.35 bits per heavy atom. The van der Waals surface area contributed by atoms with E-state index >= 15 is 0 Å². The molecule has 0 saturated carbocycles. The minimum atomic E-state index is 0.419. The third-order valence-corrected chi connectivity index (χ3v) is 4.63. The molecule has 0 amide bonds. The number of piperidine rings is 1. The van der Waals surface area contributed by atoms with Crippen LogP contribution in [0.25, 0.3) is 0 Å². The van der Waals surface area contributed by atoms with Gasteiger partial charge in [-0.25, -0.2) is 9.99 Å². The number of aromatic nitrogens is 2. The summed E-state index contributed by atoms with van der Waals surface area (Å²) in [6, 6.07) is 0. The van der Waals surface area contributed by atoms with Crippen LogP contribution in [0, 0.1) is 11.3 Å². The number of hydrazine groups is 1. The number of hydrogen-bond donors (Lipinski definition) is 1. The molecule has 1 aromatic rings. The Morgan fingerprint density at radius 2 is 2.05 bits per heavy atom. The standard InChI is InChI=1S/C14H26N4OS/c1-14(2,3)11-5-8-18(9-6-11)16-13-15-12(17-20-13)7-10-19-4/h11H,5-10H2,1-4H3,(H,15,16,17). The molecule has 0 spiro atoms. The van der Waals surface area contributed by atoms with Crippen LogP contribution in [0.4, 0.5) is 5.13 Å². The molecule has 0 aromatic carbocycles. The number of rotatable bonds is 5. The minimum Gasteiger partial charge on any atom is -0.384 e. The van der Waals surface area contributed by atoms with Crippen LogP contribution in [-0.4, -0.2) is 41.2 Å². The van der Waals surface area contributed by atoms with Crippen LogP contribution >= 0.6 is 11.5 Å². The fraction of sp³-hybridized carbons (Fsp3) is 0.857. The van der Waals surface area contributed by atoms with Crippen LogP contribution in [0.5, 0.6) is 0 Å². The summed E-state index contributed by atoms with van der Waals surface area (Å²) in [4.78, 5) is 4.48. The minimum absolute atomic E-state index is 0.419. The summed E-state index contributed by atoms with van der Waals surface area (Å²) < 4.78 is 9.38. The lowest BCUT2D eigenvalue weighted by molar-refractivity contribution is 0.128. The van der Waals surface area contributed by atoms with Gasteiger partial charge in [0.1, 0.15) is 5.82 Å². The van der Waals surface area contributed by atoms with Crippen molar-refractivity contribution in [2.45, 2.75) is 40.0 Å². The first-order valence-electron chi connectivity index (χ1n) is 7.32. The van der Waals surface area contributed by atoms with Crippen molar-refractivity contribution in [1.29, 1.82) is 0 Å². The number of anilines is 1. The van der Waals surface area contributed by atoms with Crippen molar-refractivity contribution >= 4 is 16.7 Å². The molecule has 1 aliphatic rings. The van der Waals surface area contributed by atoms with Crippen LogP contribution in [0.1, 0.15) is 39.4 Å². The first-order valence-corrected chi connectivity index (χ1v) is 8.09. The summed E-state index contributed by atoms with van der Waals surface area (Å²) in [7, 11) is 1.70. The molecule has 1 N–H and O–H groups in total. The zero-order valence-electron chi connectivity index (χ0n) is 13.0. The fourth-order valence-corrected chi connectivity index (χ4v) is 3.23. The first-order chi connectivity index (χ1) is 9.49. The zero-order chi connectivity index (χ0) is 14.6. The summed E-state index contributed by atoms with van der Waals surface area (Å²) in [5.74, 6) is 1.68. The first kappa shape index (κ1) is 15.7. The maximum Gasteiger partial charge on any atom is 0.217 e. The van der Waals surface area contributed by atoms with Crippen LogP contribution in [0.2, 0.25) is 0 Å². The molecular weight excluding hydrogens is 272 g/mol. The van der Waals surface area contributed by atoms with E-state index in [1.807, 2.05) is 0 Å². The SMILES string of the molecule is COCCc1nsc(NN2CCC(C(C)(C)C)CC2)n1. The number of ether oxygens (including phenoxy) is 1. The molecule has 2 rings (SSSR count). The average molecular weight is 298 g/mol. The molecule has 5 nitrogen and oxygen atoms in total. The van der Waals surface area contributed by atoms with Gasteiger partial charge in [0, 0.05) is 38.2 Å². The highest BCUT2D eigenvalue weighted by atomic mass is 32.1. The van der Waals surface area contributed by atoms with E-state index in [-0.39, 0.29) is 0 Å². The lowest BCUT2D eigenvalue weighted by atomic mass is 9.75. The Labute approximate surface area is 125 Å². The van der Waals surface area contributed by atoms with Crippen LogP contribution in [-0.2, 0) is 11.2 Å². The quantitative estimate of drug-likeness (QED) is 0.906. The van der Waals surface area contributed by atoms with Gasteiger partial charge in [-0.15, -0.1) is 0 Å². The maximum atomic E-state index is 5.04. The molecule has 0 aliphatic carbocycles. The Morgan fingerprint density at radius 3 is 2.65 bits per heavy atom. The predicted molar refractivity (Wildman–Crippen MR) is 82.9 cm³/mol. The molecule has 20 heavy (non-hydrogen) atoms. The molecule has 0 unspecified atom stereocenters. The monoisotopic (exact) mass is 298 g/mol. The van der Waals surface area contributed by atoms with Gasteiger partial charge in [-0.05, 0) is 24.2 Å². The van der Waals surface area contributed by atoms with E-state index in [9.17, 15) is 0 Å². The largest absolute Gasteiger partial charge is 0.384 e. The lowest BCUT2D eigenvalue weighted by Crippen LogP contribution is -2.41. The molecular formula is C14H26N4OS. The van der Waals surface area contributed by atoms with Gasteiger partial charge in [0.05, 0.1) is 6.61 Å². The second-order valence-electron chi connectivity index (χ2n) is 6.50. The van der Waals surface area contributed by atoms with Crippen molar-refractivity contribution in [1.82, 2.24) is 14.4 Å². The summed E-state index contributed by atoms with van der Waals surface area (Å²) in [5.41, 5.74) is 3.81. The van der Waals surface area contributed by atoms with Crippen LogP contribution in [0.3, 0.4) is 0 Å². The van der Waals surface area contributed by atoms with E-state index < -0.39 is 0 Å². The average Bonchev–Trinajstić information content (AvgIpc) is 2.83. The molecule has 6 heteroatoms. The highest BCUT2D eigenvalue weighted by Crippen LogP contribution is 2.34. The second-order valence-corrected chi connectivity index (χ2v) is 7.25. The van der Waals surface area contributed by atoms with E-state index in [4.69, 9.17) is 4.74 Å². The normalized spacial score (nSPS) is 18.4. The van der Waals surface area contributed by atoms with Crippen molar-refractivity contribution < 1.29 is 4.74 Å². The molecule has 1 aromatic heterocycles. The van der Waals surface area contributed by atoms with Gasteiger partial charge in [-0.3, -0.25) is 5.43 Å². The summed E-state index contributed by atoms with van der Waals surface area (Å²) >= 11 is 1.43. The van der Waals surface area contributed by atoms with Gasteiger partial charge in [-0.1, -0.05) is 20.8 Å². The molecule has 1 fully saturated rings. The smallest absolute Gasteiger partial charge is 0.217 e. The predicted octanol–water partition coefficient (Wildman–Crippen LogP) is 2.81. The highest BCUT2D eigenvalue weighted by molar-refractivity contribution is 7.09. The number of hydrogen-bond acceptors (Lipinski definition) is 6. The fourth-order valence-electron chi connectivity index (χ4n) is 2.59. The van der Waals surface area contributed by atoms with Crippen molar-refractivity contribution in [3.63, 3.8) is 0 Å². The molecule has 1 aliphatic heterocycles. The number of methoxy groups -OCH3 is 1. The van der Waals surface area contributed by atoms with Crippen molar-refractivity contribution in [3.05, 3.63) is 5.82 Å². The van der Waals surface area contributed by atoms with Gasteiger partial charge >= 0.3 is 0 Å². The second kappa shape index (κ2) is 6.83. The van der Waals surface area contributed by atoms with E-state index in [0.29, 0.717) is 12.0 Å². The zero-order valence-corrected chi connectivity index (χ0v) is 13.8. The third kappa shape index (κ3) is 4.40. The van der Waals surface area contributed by atoms with Crippen molar-refractivity contribution in [2.24, 2.45) is 11.3 Å². The number of nitrogens with zero attached hydrogens (tertiary/aromatic N) is 3. The molecule has 2 heterocycles. The molecule has 0 radical (unpaired) electrons. The van der Waals surface area contributed by atoms with E-state index in [1.54, 1.807) is 7.11 Å². The van der Waals surface area contributed by atoms with E-state index in [0.717, 1.165) is 36.4 Å². The van der Waals surface area contributed by atoms with Crippen LogP contribution < -0.4 is 5.43 Å². The van der Waals surface area contributed by atoms with Gasteiger partial charge in [0.25, 0.3) is 0 Å². The molecule has 1 saturated heterocycles. The third-order valence-electron chi connectivity index (χ3n) is 3.97. The highest BCUT2D eigenvalue weighted by Gasteiger charge is 2.28. The Kier molecular flexibility index (Phi) is 5.35. The molecule has 114 valence electrons. The summed E-state index contributed by atoms with van der Waals surface area (Å²) in [6.45, 7) is 9.85. The van der Waals surface area contributed by atoms with Crippen molar-refractivity contribution in [2.75, 3.05) is 32.2 Å². The van der Waals surface area contributed by atoms with Gasteiger partial charge in [0.2, 0.25) is 5.13 Å². The molecule has 0 atom stereocenters. The van der Waals surface area contributed by atoms with Gasteiger partial charge < -0.3 is 4.74 Å². The lowest BCUT2D eigenvalue weighted by Gasteiger charge is -2.38. The molecule has 0 bridgehead atoms. The summed E-state index contributed by atoms with van der Waals surface area (Å²) in [5, 5.41) is 3.16. The maximum absolute atomic E-state index is 5.04. The summed E-state index contributed by atoms with van der Waals surface area (Å²) in [6.07, 6.45) is 3.26. The Hall–Kier alpha value is -0.720. The van der Waals surface area contributed by atoms with Gasteiger partial charge in [-0.2, -0.15) is 4.37 Å².